The highest BCUT2D eigenvalue weighted by Gasteiger charge is 2.21. The first-order valence-corrected chi connectivity index (χ1v) is 8.79. The molecule has 1 amide bonds. The summed E-state index contributed by atoms with van der Waals surface area (Å²) >= 11 is 0. The van der Waals surface area contributed by atoms with Gasteiger partial charge in [0.05, 0.1) is 18.4 Å². The maximum atomic E-state index is 12.4. The lowest BCUT2D eigenvalue weighted by Gasteiger charge is -2.27. The number of carbonyl (C=O) groups is 1. The van der Waals surface area contributed by atoms with E-state index in [-0.39, 0.29) is 18.4 Å². The molecule has 0 saturated carbocycles. The molecule has 1 aromatic carbocycles. The first kappa shape index (κ1) is 16.6. The van der Waals surface area contributed by atoms with Crippen LogP contribution in [-0.2, 0) is 17.6 Å². The van der Waals surface area contributed by atoms with Gasteiger partial charge in [-0.15, -0.1) is 0 Å². The fourth-order valence-corrected chi connectivity index (χ4v) is 3.30. The number of oxazole rings is 1. The zero-order valence-corrected chi connectivity index (χ0v) is 14.6. The minimum Gasteiger partial charge on any atom is -0.459 e. The first-order valence-electron chi connectivity index (χ1n) is 8.79. The summed E-state index contributed by atoms with van der Waals surface area (Å²) in [6.45, 7) is 3.28. The third-order valence-corrected chi connectivity index (χ3v) is 4.67. The summed E-state index contributed by atoms with van der Waals surface area (Å²) in [5.74, 6) is 1.52. The number of hydrogen-bond donors (Lipinski definition) is 2. The van der Waals surface area contributed by atoms with Gasteiger partial charge in [-0.3, -0.25) is 4.79 Å². The Bertz CT molecular complexity index is 899. The van der Waals surface area contributed by atoms with Crippen molar-refractivity contribution in [3.8, 4) is 11.7 Å². The van der Waals surface area contributed by atoms with Crippen LogP contribution in [-0.4, -0.2) is 24.0 Å². The van der Waals surface area contributed by atoms with E-state index in [0.29, 0.717) is 29.6 Å². The maximum Gasteiger partial charge on any atom is 0.263 e. The van der Waals surface area contributed by atoms with Crippen LogP contribution in [0.3, 0.4) is 0 Å². The molecule has 6 nitrogen and oxygen atoms in total. The smallest absolute Gasteiger partial charge is 0.263 e. The number of carbonyl (C=O) groups excluding carboxylic acids is 1. The molecule has 0 spiro atoms. The van der Waals surface area contributed by atoms with E-state index in [2.05, 4.69) is 33.8 Å². The number of hydrogen-bond acceptors (Lipinski definition) is 5. The molecule has 2 N–H and O–H groups in total. The Morgan fingerprint density at radius 3 is 3.04 bits per heavy atom. The minimum absolute atomic E-state index is 0.0720. The van der Waals surface area contributed by atoms with Gasteiger partial charge in [0.15, 0.2) is 5.76 Å². The summed E-state index contributed by atoms with van der Waals surface area (Å²) in [6, 6.07) is 12.1. The molecule has 1 aliphatic heterocycles. The van der Waals surface area contributed by atoms with E-state index < -0.39 is 0 Å². The lowest BCUT2D eigenvalue weighted by molar-refractivity contribution is -0.120. The Morgan fingerprint density at radius 2 is 2.19 bits per heavy atom. The van der Waals surface area contributed by atoms with Gasteiger partial charge in [-0.25, -0.2) is 4.98 Å². The lowest BCUT2D eigenvalue weighted by atomic mass is 9.94. The number of nitrogens with one attached hydrogen (secondary N) is 2. The Morgan fingerprint density at radius 1 is 1.31 bits per heavy atom. The molecule has 1 unspecified atom stereocenters. The highest BCUT2D eigenvalue weighted by Crippen LogP contribution is 2.23. The fourth-order valence-electron chi connectivity index (χ4n) is 3.30. The highest BCUT2D eigenvalue weighted by atomic mass is 16.4. The largest absolute Gasteiger partial charge is 0.459 e. The van der Waals surface area contributed by atoms with Crippen molar-refractivity contribution in [1.82, 2.24) is 15.6 Å². The van der Waals surface area contributed by atoms with E-state index in [9.17, 15) is 4.79 Å². The summed E-state index contributed by atoms with van der Waals surface area (Å²) < 4.78 is 10.9. The van der Waals surface area contributed by atoms with Crippen LogP contribution in [0.15, 0.2) is 51.5 Å². The van der Waals surface area contributed by atoms with Crippen LogP contribution in [0.25, 0.3) is 11.7 Å². The molecular formula is C20H21N3O3. The van der Waals surface area contributed by atoms with Gasteiger partial charge in [0.25, 0.3) is 5.89 Å². The van der Waals surface area contributed by atoms with Crippen molar-refractivity contribution in [2.24, 2.45) is 0 Å². The van der Waals surface area contributed by atoms with Gasteiger partial charge in [0, 0.05) is 12.6 Å². The van der Waals surface area contributed by atoms with E-state index in [0.717, 1.165) is 13.0 Å². The highest BCUT2D eigenvalue weighted by molar-refractivity contribution is 5.78. The maximum absolute atomic E-state index is 12.4. The zero-order chi connectivity index (χ0) is 17.9. The number of fused-ring (bicyclic) bond motifs is 1. The van der Waals surface area contributed by atoms with Crippen molar-refractivity contribution in [3.05, 3.63) is 65.2 Å². The number of aromatic nitrogens is 1. The predicted octanol–water partition coefficient (Wildman–Crippen LogP) is 2.79. The molecular weight excluding hydrogens is 330 g/mol. The second-order valence-corrected chi connectivity index (χ2v) is 6.44. The SMILES string of the molecule is Cc1oc(-c2ccco2)nc1CC(=O)NCC1NCCc2ccccc21. The van der Waals surface area contributed by atoms with Gasteiger partial charge in [0.2, 0.25) is 5.91 Å². The lowest BCUT2D eigenvalue weighted by Crippen LogP contribution is -2.39. The van der Waals surface area contributed by atoms with Gasteiger partial charge >= 0.3 is 0 Å². The van der Waals surface area contributed by atoms with Crippen LogP contribution in [0.4, 0.5) is 0 Å². The van der Waals surface area contributed by atoms with Crippen molar-refractivity contribution in [1.29, 1.82) is 0 Å². The number of benzene rings is 1. The van der Waals surface area contributed by atoms with Gasteiger partial charge in [-0.1, -0.05) is 24.3 Å². The molecule has 0 saturated heterocycles. The summed E-state index contributed by atoms with van der Waals surface area (Å²) in [7, 11) is 0. The zero-order valence-electron chi connectivity index (χ0n) is 14.6. The quantitative estimate of drug-likeness (QED) is 0.739. The van der Waals surface area contributed by atoms with Crippen LogP contribution in [0.1, 0.15) is 28.6 Å². The fraction of sp³-hybridized carbons (Fsp3) is 0.300. The Labute approximate surface area is 151 Å². The van der Waals surface area contributed by atoms with Crippen LogP contribution in [0.5, 0.6) is 0 Å². The molecule has 3 aromatic rings. The Hall–Kier alpha value is -2.86. The number of amides is 1. The molecule has 1 atom stereocenters. The van der Waals surface area contributed by atoms with Gasteiger partial charge in [-0.05, 0) is 43.1 Å². The van der Waals surface area contributed by atoms with Crippen LogP contribution < -0.4 is 10.6 Å². The second kappa shape index (κ2) is 7.17. The van der Waals surface area contributed by atoms with Gasteiger partial charge in [-0.2, -0.15) is 0 Å². The van der Waals surface area contributed by atoms with Crippen molar-refractivity contribution >= 4 is 5.91 Å². The van der Waals surface area contributed by atoms with Gasteiger partial charge in [0.1, 0.15) is 5.76 Å². The molecule has 0 fully saturated rings. The number of furan rings is 1. The van der Waals surface area contributed by atoms with E-state index >= 15 is 0 Å². The van der Waals surface area contributed by atoms with Crippen molar-refractivity contribution in [2.75, 3.05) is 13.1 Å². The molecule has 26 heavy (non-hydrogen) atoms. The van der Waals surface area contributed by atoms with E-state index in [4.69, 9.17) is 8.83 Å². The third-order valence-electron chi connectivity index (χ3n) is 4.67. The summed E-state index contributed by atoms with van der Waals surface area (Å²) in [6.07, 6.45) is 2.77. The standard InChI is InChI=1S/C20H21N3O3/c1-13-16(23-20(26-13)18-7-4-10-25-18)11-19(24)22-12-17-15-6-3-2-5-14(15)8-9-21-17/h2-7,10,17,21H,8-9,11-12H2,1H3,(H,22,24). The average Bonchev–Trinajstić information content (AvgIpc) is 3.30. The molecule has 2 aromatic heterocycles. The van der Waals surface area contributed by atoms with Crippen LogP contribution >= 0.6 is 0 Å². The third kappa shape index (κ3) is 3.41. The number of nitrogens with zero attached hydrogens (tertiary/aromatic N) is 1. The topological polar surface area (TPSA) is 80.3 Å². The monoisotopic (exact) mass is 351 g/mol. The van der Waals surface area contributed by atoms with Gasteiger partial charge < -0.3 is 19.5 Å². The predicted molar refractivity (Wildman–Crippen MR) is 96.5 cm³/mol. The molecule has 0 bridgehead atoms. The Kier molecular flexibility index (Phi) is 4.58. The number of aryl methyl sites for hydroxylation is 1. The molecule has 1 aliphatic rings. The molecule has 0 radical (unpaired) electrons. The van der Waals surface area contributed by atoms with Crippen molar-refractivity contribution < 1.29 is 13.6 Å². The van der Waals surface area contributed by atoms with Crippen molar-refractivity contribution in [2.45, 2.75) is 25.8 Å². The minimum atomic E-state index is -0.0720. The molecule has 4 rings (SSSR count). The van der Waals surface area contributed by atoms with Crippen molar-refractivity contribution in [3.63, 3.8) is 0 Å². The van der Waals surface area contributed by atoms with Crippen LogP contribution in [0, 0.1) is 6.92 Å². The number of rotatable bonds is 5. The summed E-state index contributed by atoms with van der Waals surface area (Å²) in [5, 5.41) is 6.47. The van der Waals surface area contributed by atoms with Crippen LogP contribution in [0.2, 0.25) is 0 Å². The van der Waals surface area contributed by atoms with E-state index in [1.165, 1.54) is 11.1 Å². The summed E-state index contributed by atoms with van der Waals surface area (Å²) in [5.41, 5.74) is 3.24. The average molecular weight is 351 g/mol. The first-order chi connectivity index (χ1) is 12.7. The molecule has 3 heterocycles. The second-order valence-electron chi connectivity index (χ2n) is 6.44. The van der Waals surface area contributed by atoms with E-state index in [1.54, 1.807) is 25.3 Å². The Balaban J connectivity index is 1.38. The molecule has 6 heteroatoms. The summed E-state index contributed by atoms with van der Waals surface area (Å²) in [4.78, 5) is 16.8. The normalized spacial score (nSPS) is 16.3. The van der Waals surface area contributed by atoms with E-state index in [1.807, 2.05) is 6.07 Å². The molecule has 134 valence electrons. The molecule has 0 aliphatic carbocycles.